The molecule has 8 nitrogen and oxygen atoms in total. The van der Waals surface area contributed by atoms with Crippen molar-refractivity contribution in [1.29, 1.82) is 0 Å². The van der Waals surface area contributed by atoms with Gasteiger partial charge in [-0.1, -0.05) is 42.8 Å². The van der Waals surface area contributed by atoms with Crippen molar-refractivity contribution < 1.29 is 9.47 Å². The van der Waals surface area contributed by atoms with Crippen molar-refractivity contribution in [1.82, 2.24) is 30.0 Å². The summed E-state index contributed by atoms with van der Waals surface area (Å²) in [5.41, 5.74) is 3.55. The van der Waals surface area contributed by atoms with Gasteiger partial charge < -0.3 is 14.4 Å². The lowest BCUT2D eigenvalue weighted by Gasteiger charge is -2.38. The third-order valence-corrected chi connectivity index (χ3v) is 6.19. The Balaban J connectivity index is 1.46. The zero-order chi connectivity index (χ0) is 21.2. The number of tetrazole rings is 1. The van der Waals surface area contributed by atoms with Crippen LogP contribution >= 0.6 is 0 Å². The van der Waals surface area contributed by atoms with E-state index in [1.807, 2.05) is 22.9 Å². The SMILES string of the molecule is CCN1CCN([C@@H](c2ccc(C)cc2)c2nnnn2Cc2ccc3c(c2)OCO3)CC1. The molecule has 8 heteroatoms. The summed E-state index contributed by atoms with van der Waals surface area (Å²) in [5.74, 6) is 2.43. The fourth-order valence-electron chi connectivity index (χ4n) is 4.34. The minimum absolute atomic E-state index is 0.0172. The molecule has 2 aliphatic heterocycles. The molecule has 1 aromatic heterocycles. The molecule has 0 spiro atoms. The van der Waals surface area contributed by atoms with Crippen molar-refractivity contribution in [2.75, 3.05) is 39.5 Å². The first-order chi connectivity index (χ1) is 15.2. The van der Waals surface area contributed by atoms with E-state index in [4.69, 9.17) is 9.47 Å². The molecule has 31 heavy (non-hydrogen) atoms. The largest absolute Gasteiger partial charge is 0.454 e. The number of ether oxygens (including phenoxy) is 2. The third kappa shape index (κ3) is 4.13. The van der Waals surface area contributed by atoms with Gasteiger partial charge >= 0.3 is 0 Å². The lowest BCUT2D eigenvalue weighted by atomic mass is 10.0. The Bertz CT molecular complexity index is 1030. The monoisotopic (exact) mass is 420 g/mol. The van der Waals surface area contributed by atoms with Gasteiger partial charge in [0.1, 0.15) is 0 Å². The van der Waals surface area contributed by atoms with Crippen molar-refractivity contribution in [3.8, 4) is 11.5 Å². The Hall–Kier alpha value is -2.97. The second-order valence-electron chi connectivity index (χ2n) is 8.17. The first kappa shape index (κ1) is 20.0. The molecule has 0 radical (unpaired) electrons. The van der Waals surface area contributed by atoms with Gasteiger partial charge in [0.25, 0.3) is 0 Å². The Morgan fingerprint density at radius 3 is 2.52 bits per heavy atom. The number of rotatable bonds is 6. The van der Waals surface area contributed by atoms with Gasteiger partial charge in [-0.15, -0.1) is 5.10 Å². The van der Waals surface area contributed by atoms with Gasteiger partial charge in [-0.3, -0.25) is 4.90 Å². The first-order valence-corrected chi connectivity index (χ1v) is 10.9. The Labute approximate surface area is 182 Å². The normalized spacial score (nSPS) is 17.7. The number of hydrogen-bond donors (Lipinski definition) is 0. The van der Waals surface area contributed by atoms with Gasteiger partial charge in [0.05, 0.1) is 12.6 Å². The van der Waals surface area contributed by atoms with Gasteiger partial charge in [-0.05, 0) is 47.2 Å². The summed E-state index contributed by atoms with van der Waals surface area (Å²) in [7, 11) is 0. The predicted molar refractivity (Wildman–Crippen MR) is 116 cm³/mol. The maximum Gasteiger partial charge on any atom is 0.231 e. The Morgan fingerprint density at radius 2 is 1.74 bits per heavy atom. The molecule has 1 fully saturated rings. The highest BCUT2D eigenvalue weighted by Crippen LogP contribution is 2.33. The van der Waals surface area contributed by atoms with E-state index < -0.39 is 0 Å². The van der Waals surface area contributed by atoms with Crippen molar-refractivity contribution in [2.45, 2.75) is 26.4 Å². The minimum atomic E-state index is 0.0172. The van der Waals surface area contributed by atoms with Crippen LogP contribution in [0.2, 0.25) is 0 Å². The number of piperazine rings is 1. The van der Waals surface area contributed by atoms with Gasteiger partial charge in [0.2, 0.25) is 6.79 Å². The van der Waals surface area contributed by atoms with Gasteiger partial charge in [0, 0.05) is 26.2 Å². The zero-order valence-corrected chi connectivity index (χ0v) is 18.1. The Kier molecular flexibility index (Phi) is 5.57. The molecular weight excluding hydrogens is 392 g/mol. The number of fused-ring (bicyclic) bond motifs is 1. The highest BCUT2D eigenvalue weighted by atomic mass is 16.7. The summed E-state index contributed by atoms with van der Waals surface area (Å²) in [5, 5.41) is 12.9. The highest BCUT2D eigenvalue weighted by molar-refractivity contribution is 5.44. The van der Waals surface area contributed by atoms with Crippen LogP contribution < -0.4 is 9.47 Å². The van der Waals surface area contributed by atoms with E-state index in [9.17, 15) is 0 Å². The van der Waals surface area contributed by atoms with E-state index in [1.54, 1.807) is 0 Å². The summed E-state index contributed by atoms with van der Waals surface area (Å²) < 4.78 is 12.9. The maximum atomic E-state index is 5.54. The molecule has 162 valence electrons. The van der Waals surface area contributed by atoms with E-state index in [0.29, 0.717) is 6.54 Å². The standard InChI is InChI=1S/C23H28N6O2/c1-3-27-10-12-28(13-11-27)22(19-7-4-17(2)5-8-19)23-24-25-26-29(23)15-18-6-9-20-21(14-18)31-16-30-20/h4-9,14,22H,3,10-13,15-16H2,1-2H3/t22-/m0/s1. The first-order valence-electron chi connectivity index (χ1n) is 10.9. The Morgan fingerprint density at radius 1 is 0.968 bits per heavy atom. The molecule has 1 saturated heterocycles. The molecule has 2 aromatic carbocycles. The lowest BCUT2D eigenvalue weighted by Crippen LogP contribution is -2.48. The molecule has 0 saturated carbocycles. The summed E-state index contributed by atoms with van der Waals surface area (Å²) in [6, 6.07) is 14.7. The maximum absolute atomic E-state index is 5.54. The molecule has 1 atom stereocenters. The predicted octanol–water partition coefficient (Wildman–Crippen LogP) is 2.49. The molecular formula is C23H28N6O2. The van der Waals surface area contributed by atoms with E-state index in [1.165, 1.54) is 11.1 Å². The molecule has 0 unspecified atom stereocenters. The van der Waals surface area contributed by atoms with Crippen LogP contribution in [-0.4, -0.2) is 69.5 Å². The second-order valence-corrected chi connectivity index (χ2v) is 8.17. The van der Waals surface area contributed by atoms with Crippen molar-refractivity contribution in [2.24, 2.45) is 0 Å². The summed E-state index contributed by atoms with van der Waals surface area (Å²) >= 11 is 0. The summed E-state index contributed by atoms with van der Waals surface area (Å²) in [4.78, 5) is 4.98. The molecule has 0 aliphatic carbocycles. The van der Waals surface area contributed by atoms with E-state index in [0.717, 1.165) is 55.6 Å². The lowest BCUT2D eigenvalue weighted by molar-refractivity contribution is 0.108. The molecule has 0 N–H and O–H groups in total. The molecule has 0 bridgehead atoms. The third-order valence-electron chi connectivity index (χ3n) is 6.19. The van der Waals surface area contributed by atoms with Crippen molar-refractivity contribution >= 4 is 0 Å². The van der Waals surface area contributed by atoms with Crippen LogP contribution in [0.3, 0.4) is 0 Å². The molecule has 3 heterocycles. The second kappa shape index (κ2) is 8.64. The van der Waals surface area contributed by atoms with Gasteiger partial charge in [-0.2, -0.15) is 0 Å². The van der Waals surface area contributed by atoms with Gasteiger partial charge in [0.15, 0.2) is 17.3 Å². The van der Waals surface area contributed by atoms with Gasteiger partial charge in [-0.25, -0.2) is 4.68 Å². The van der Waals surface area contributed by atoms with E-state index in [2.05, 4.69) is 63.4 Å². The summed E-state index contributed by atoms with van der Waals surface area (Å²) in [6.07, 6.45) is 0. The number of aryl methyl sites for hydroxylation is 1. The molecule has 2 aliphatic rings. The molecule has 3 aromatic rings. The van der Waals surface area contributed by atoms with Crippen LogP contribution in [0, 0.1) is 6.92 Å². The average Bonchev–Trinajstić information content (AvgIpc) is 3.45. The van der Waals surface area contributed by atoms with Crippen LogP contribution in [0.1, 0.15) is 35.5 Å². The number of hydrogen-bond acceptors (Lipinski definition) is 7. The zero-order valence-electron chi connectivity index (χ0n) is 18.1. The van der Waals surface area contributed by atoms with Crippen LogP contribution in [-0.2, 0) is 6.54 Å². The number of nitrogens with zero attached hydrogens (tertiary/aromatic N) is 6. The topological polar surface area (TPSA) is 68.5 Å². The van der Waals surface area contributed by atoms with Crippen LogP contribution in [0.5, 0.6) is 11.5 Å². The van der Waals surface area contributed by atoms with Crippen LogP contribution in [0.4, 0.5) is 0 Å². The molecule has 0 amide bonds. The molecule has 5 rings (SSSR count). The average molecular weight is 421 g/mol. The summed E-state index contributed by atoms with van der Waals surface area (Å²) in [6.45, 7) is 10.4. The quantitative estimate of drug-likeness (QED) is 0.607. The fourth-order valence-corrected chi connectivity index (χ4v) is 4.34. The van der Waals surface area contributed by atoms with E-state index in [-0.39, 0.29) is 12.8 Å². The fraction of sp³-hybridized carbons (Fsp3) is 0.435. The highest BCUT2D eigenvalue weighted by Gasteiger charge is 2.30. The van der Waals surface area contributed by atoms with Crippen molar-refractivity contribution in [3.63, 3.8) is 0 Å². The number of likely N-dealkylation sites (N-methyl/N-ethyl adjacent to an activating group) is 1. The smallest absolute Gasteiger partial charge is 0.231 e. The minimum Gasteiger partial charge on any atom is -0.454 e. The van der Waals surface area contributed by atoms with Crippen LogP contribution in [0.25, 0.3) is 0 Å². The van der Waals surface area contributed by atoms with Crippen molar-refractivity contribution in [3.05, 3.63) is 65.0 Å². The van der Waals surface area contributed by atoms with Crippen LogP contribution in [0.15, 0.2) is 42.5 Å². The number of benzene rings is 2. The number of aromatic nitrogens is 4. The van der Waals surface area contributed by atoms with E-state index >= 15 is 0 Å².